The van der Waals surface area contributed by atoms with Gasteiger partial charge in [-0.1, -0.05) is 12.1 Å². The minimum atomic E-state index is -2.30. The lowest BCUT2D eigenvalue weighted by molar-refractivity contribution is 0.342. The number of ether oxygens (including phenoxy) is 1. The van der Waals surface area contributed by atoms with Crippen LogP contribution in [-0.2, 0) is 9.36 Å². The second-order valence-corrected chi connectivity index (χ2v) is 3.30. The Balaban J connectivity index is 0.000000583. The molecule has 0 aliphatic heterocycles. The number of isocyanates is 1. The molecule has 80 valence electrons. The van der Waals surface area contributed by atoms with Crippen molar-refractivity contribution in [2.45, 2.75) is 6.92 Å². The summed E-state index contributed by atoms with van der Waals surface area (Å²) in [5, 5.41) is 5.76. The molecule has 0 spiro atoms. The summed E-state index contributed by atoms with van der Waals surface area (Å²) < 4.78 is 15.9. The highest BCUT2D eigenvalue weighted by molar-refractivity contribution is 7.47. The van der Waals surface area contributed by atoms with Crippen molar-refractivity contribution in [3.05, 3.63) is 24.3 Å². The van der Waals surface area contributed by atoms with E-state index in [2.05, 4.69) is 0 Å². The fraction of sp³-hybridized carbons (Fsp3) is 0.222. The van der Waals surface area contributed by atoms with Crippen LogP contribution in [0.3, 0.4) is 0 Å². The maximum absolute atomic E-state index is 10.8. The van der Waals surface area contributed by atoms with Gasteiger partial charge in [0.15, 0.2) is 5.75 Å². The highest BCUT2D eigenvalue weighted by Gasteiger charge is 2.21. The van der Waals surface area contributed by atoms with Gasteiger partial charge in [-0.05, 0) is 23.6 Å². The Labute approximate surface area is 88.1 Å². The molecule has 1 aromatic rings. The van der Waals surface area contributed by atoms with Gasteiger partial charge < -0.3 is 4.74 Å². The summed E-state index contributed by atoms with van der Waals surface area (Å²) in [5.74, 6) is 0.489. The maximum Gasteiger partial charge on any atom is 0.550 e. The van der Waals surface area contributed by atoms with E-state index in [1.54, 1.807) is 24.3 Å². The van der Waals surface area contributed by atoms with E-state index in [1.165, 1.54) is 0 Å². The average Bonchev–Trinajstić information content (AvgIpc) is 2.20. The van der Waals surface area contributed by atoms with Crippen molar-refractivity contribution in [1.29, 1.82) is 5.41 Å². The van der Waals surface area contributed by atoms with Crippen LogP contribution in [-0.4, -0.2) is 17.6 Å². The summed E-state index contributed by atoms with van der Waals surface area (Å²) in [6, 6.07) is 6.75. The number of nitrogens with one attached hydrogen (secondary N) is 1. The molecule has 0 fully saturated rings. The SMILES string of the molecule is CCOc1ccccc1[P+](=O)O.N=C=O. The van der Waals surface area contributed by atoms with Crippen molar-refractivity contribution in [2.75, 3.05) is 6.61 Å². The Bertz CT molecular complexity index is 361. The van der Waals surface area contributed by atoms with Crippen molar-refractivity contribution < 1.29 is 19.0 Å². The zero-order chi connectivity index (χ0) is 11.7. The van der Waals surface area contributed by atoms with Gasteiger partial charge in [-0.25, -0.2) is 10.2 Å². The van der Waals surface area contributed by atoms with E-state index >= 15 is 0 Å². The predicted molar refractivity (Wildman–Crippen MR) is 55.5 cm³/mol. The molecule has 6 heteroatoms. The molecule has 0 amide bonds. The number of hydrogen-bond donors (Lipinski definition) is 2. The first-order valence-electron chi connectivity index (χ1n) is 4.09. The van der Waals surface area contributed by atoms with Crippen LogP contribution in [0.2, 0.25) is 0 Å². The number of benzene rings is 1. The molecule has 0 aromatic heterocycles. The lowest BCUT2D eigenvalue weighted by Crippen LogP contribution is -2.04. The smallest absolute Gasteiger partial charge is 0.489 e. The van der Waals surface area contributed by atoms with E-state index in [-0.39, 0.29) is 0 Å². The molecule has 2 N–H and O–H groups in total. The van der Waals surface area contributed by atoms with Crippen molar-refractivity contribution in [1.82, 2.24) is 0 Å². The van der Waals surface area contributed by atoms with Crippen LogP contribution in [0, 0.1) is 5.41 Å². The monoisotopic (exact) mass is 228 g/mol. The van der Waals surface area contributed by atoms with Gasteiger partial charge in [0, 0.05) is 0 Å². The first-order chi connectivity index (χ1) is 7.17. The number of hydrogen-bond acceptors (Lipinski definition) is 4. The van der Waals surface area contributed by atoms with Crippen LogP contribution in [0.4, 0.5) is 0 Å². The van der Waals surface area contributed by atoms with Gasteiger partial charge in [-0.2, -0.15) is 4.89 Å². The van der Waals surface area contributed by atoms with E-state index in [9.17, 15) is 4.57 Å². The van der Waals surface area contributed by atoms with Gasteiger partial charge in [0.2, 0.25) is 6.08 Å². The Morgan fingerprint density at radius 2 is 2.07 bits per heavy atom. The van der Waals surface area contributed by atoms with Crippen LogP contribution >= 0.6 is 8.03 Å². The molecule has 1 rings (SSSR count). The first kappa shape index (κ1) is 13.5. The summed E-state index contributed by atoms with van der Waals surface area (Å²) in [4.78, 5) is 17.2. The molecular weight excluding hydrogens is 217 g/mol. The van der Waals surface area contributed by atoms with Gasteiger partial charge in [0.1, 0.15) is 0 Å². The second kappa shape index (κ2) is 7.83. The van der Waals surface area contributed by atoms with Crippen molar-refractivity contribution in [3.63, 3.8) is 0 Å². The highest BCUT2D eigenvalue weighted by Crippen LogP contribution is 2.20. The van der Waals surface area contributed by atoms with Gasteiger partial charge in [0.05, 0.1) is 6.61 Å². The molecule has 5 nitrogen and oxygen atoms in total. The molecule has 15 heavy (non-hydrogen) atoms. The van der Waals surface area contributed by atoms with E-state index in [0.29, 0.717) is 17.7 Å². The molecule has 1 unspecified atom stereocenters. The molecule has 0 saturated carbocycles. The predicted octanol–water partition coefficient (Wildman–Crippen LogP) is 1.35. The fourth-order valence-electron chi connectivity index (χ4n) is 0.893. The Morgan fingerprint density at radius 1 is 1.53 bits per heavy atom. The molecule has 1 aromatic carbocycles. The lowest BCUT2D eigenvalue weighted by Gasteiger charge is -2.00. The van der Waals surface area contributed by atoms with Crippen LogP contribution < -0.4 is 10.0 Å². The maximum atomic E-state index is 10.8. The lowest BCUT2D eigenvalue weighted by atomic mass is 10.3. The summed E-state index contributed by atoms with van der Waals surface area (Å²) >= 11 is 0. The average molecular weight is 228 g/mol. The molecule has 0 heterocycles. The van der Waals surface area contributed by atoms with Crippen LogP contribution in [0.25, 0.3) is 0 Å². The van der Waals surface area contributed by atoms with E-state index in [4.69, 9.17) is 19.8 Å². The van der Waals surface area contributed by atoms with Crippen molar-refractivity contribution >= 4 is 19.4 Å². The number of rotatable bonds is 3. The van der Waals surface area contributed by atoms with E-state index < -0.39 is 8.03 Å². The van der Waals surface area contributed by atoms with Crippen LogP contribution in [0.1, 0.15) is 6.92 Å². The summed E-state index contributed by atoms with van der Waals surface area (Å²) in [6.45, 7) is 2.33. The van der Waals surface area contributed by atoms with Crippen molar-refractivity contribution in [3.8, 4) is 5.75 Å². The van der Waals surface area contributed by atoms with Crippen LogP contribution in [0.15, 0.2) is 24.3 Å². The van der Waals surface area contributed by atoms with Crippen LogP contribution in [0.5, 0.6) is 5.75 Å². The standard InChI is InChI=1S/C8H9O3P.CHNO/c1-2-11-7-5-3-4-6-8(7)12(9)10;2-1-3/h3-6H,2H2,1H3;2H/p+1. The van der Waals surface area contributed by atoms with Crippen molar-refractivity contribution in [2.24, 2.45) is 0 Å². The third-order valence-corrected chi connectivity index (χ3v) is 2.15. The Morgan fingerprint density at radius 3 is 2.53 bits per heavy atom. The topological polar surface area (TPSA) is 87.4 Å². The minimum Gasteiger partial charge on any atom is -0.489 e. The van der Waals surface area contributed by atoms with E-state index in [0.717, 1.165) is 6.08 Å². The third-order valence-electron chi connectivity index (χ3n) is 1.37. The van der Waals surface area contributed by atoms with Gasteiger partial charge >= 0.3 is 8.03 Å². The Hall–Kier alpha value is -1.54. The molecule has 1 atom stereocenters. The fourth-order valence-corrected chi connectivity index (χ4v) is 1.43. The highest BCUT2D eigenvalue weighted by atomic mass is 31.1. The third kappa shape index (κ3) is 5.03. The molecule has 0 radical (unpaired) electrons. The zero-order valence-corrected chi connectivity index (χ0v) is 9.03. The second-order valence-electron chi connectivity index (χ2n) is 2.28. The van der Waals surface area contributed by atoms with Gasteiger partial charge in [-0.15, -0.1) is 0 Å². The summed E-state index contributed by atoms with van der Waals surface area (Å²) in [7, 11) is -2.30. The first-order valence-corrected chi connectivity index (χ1v) is 5.30. The molecular formula is C9H11NO4P+. The molecule has 0 aliphatic rings. The largest absolute Gasteiger partial charge is 0.550 e. The quantitative estimate of drug-likeness (QED) is 0.464. The molecule has 0 aliphatic carbocycles. The molecule has 0 saturated heterocycles. The normalized spacial score (nSPS) is 9.33. The minimum absolute atomic E-state index is 0.356. The Kier molecular flexibility index (Phi) is 7.02. The summed E-state index contributed by atoms with van der Waals surface area (Å²) in [5.41, 5.74) is 0. The zero-order valence-electron chi connectivity index (χ0n) is 8.14. The molecule has 0 bridgehead atoms. The van der Waals surface area contributed by atoms with Gasteiger partial charge in [-0.3, -0.25) is 0 Å². The number of carbonyl (C=O) groups excluding carboxylic acids is 1. The number of para-hydroxylation sites is 1. The van der Waals surface area contributed by atoms with Gasteiger partial charge in [0.25, 0.3) is 5.30 Å². The van der Waals surface area contributed by atoms with E-state index in [1.807, 2.05) is 6.92 Å². The summed E-state index contributed by atoms with van der Waals surface area (Å²) in [6.07, 6.45) is 0.750.